The van der Waals surface area contributed by atoms with Crippen molar-refractivity contribution < 1.29 is 33.0 Å². The Morgan fingerprint density at radius 3 is 2.46 bits per heavy atom. The van der Waals surface area contributed by atoms with E-state index in [1.165, 1.54) is 30.0 Å². The summed E-state index contributed by atoms with van der Waals surface area (Å²) in [5.74, 6) is -1.68. The number of cyclic esters (lactones) is 1. The van der Waals surface area contributed by atoms with Crippen molar-refractivity contribution in [3.8, 4) is 0 Å². The Kier molecular flexibility index (Phi) is 7.75. The van der Waals surface area contributed by atoms with Gasteiger partial charge < -0.3 is 30.3 Å². The summed E-state index contributed by atoms with van der Waals surface area (Å²) in [6.45, 7) is 2.81. The number of piperazine rings is 1. The fraction of sp³-hybridized carbons (Fsp3) is 0.360. The summed E-state index contributed by atoms with van der Waals surface area (Å²) >= 11 is 0. The van der Waals surface area contributed by atoms with Gasteiger partial charge in [-0.25, -0.2) is 14.0 Å². The smallest absolute Gasteiger partial charge is 0.414 e. The first kappa shape index (κ1) is 25.7. The zero-order valence-electron chi connectivity index (χ0n) is 20.3. The number of carbonyl (C=O) groups excluding carboxylic acids is 4. The first-order valence-corrected chi connectivity index (χ1v) is 11.8. The Labute approximate surface area is 212 Å². The number of amides is 3. The third kappa shape index (κ3) is 6.26. The maximum Gasteiger partial charge on any atom is 0.414 e. The van der Waals surface area contributed by atoms with E-state index in [1.807, 2.05) is 4.90 Å². The largest absolute Gasteiger partial charge is 0.452 e. The molecule has 0 spiro atoms. The van der Waals surface area contributed by atoms with Crippen LogP contribution in [0.3, 0.4) is 0 Å². The molecule has 2 aliphatic heterocycles. The van der Waals surface area contributed by atoms with Gasteiger partial charge in [-0.2, -0.15) is 0 Å². The quantitative estimate of drug-likeness (QED) is 0.419. The van der Waals surface area contributed by atoms with E-state index in [4.69, 9.17) is 15.2 Å². The van der Waals surface area contributed by atoms with Crippen LogP contribution in [0.25, 0.3) is 0 Å². The average Bonchev–Trinajstić information content (AvgIpc) is 3.26. The Morgan fingerprint density at radius 2 is 1.81 bits per heavy atom. The fourth-order valence-electron chi connectivity index (χ4n) is 4.13. The SMILES string of the molecule is CC(=O)NCC1CN(c2ccc(N3CCN(C(=O)COC(=O)c4ccc(N)cc4)CC3)c(F)c2)C(=O)O1. The van der Waals surface area contributed by atoms with Crippen molar-refractivity contribution >= 4 is 40.9 Å². The summed E-state index contributed by atoms with van der Waals surface area (Å²) in [5.41, 5.74) is 7.13. The van der Waals surface area contributed by atoms with Crippen LogP contribution in [0.4, 0.5) is 26.2 Å². The van der Waals surface area contributed by atoms with Crippen LogP contribution in [0.1, 0.15) is 17.3 Å². The number of hydrogen-bond donors (Lipinski definition) is 2. The van der Waals surface area contributed by atoms with E-state index < -0.39 is 24.0 Å². The third-order valence-corrected chi connectivity index (χ3v) is 6.14. The highest BCUT2D eigenvalue weighted by Crippen LogP contribution is 2.28. The summed E-state index contributed by atoms with van der Waals surface area (Å²) in [5, 5.41) is 2.60. The van der Waals surface area contributed by atoms with Crippen molar-refractivity contribution in [2.24, 2.45) is 0 Å². The maximum atomic E-state index is 15.0. The number of nitrogens with two attached hydrogens (primary N) is 1. The molecule has 11 nitrogen and oxygen atoms in total. The summed E-state index contributed by atoms with van der Waals surface area (Å²) in [4.78, 5) is 52.6. The molecule has 3 amide bonds. The lowest BCUT2D eigenvalue weighted by atomic mass is 10.2. The summed E-state index contributed by atoms with van der Waals surface area (Å²) in [6, 6.07) is 10.7. The lowest BCUT2D eigenvalue weighted by Gasteiger charge is -2.36. The minimum atomic E-state index is -0.613. The van der Waals surface area contributed by atoms with Crippen molar-refractivity contribution in [3.63, 3.8) is 0 Å². The van der Waals surface area contributed by atoms with Crippen LogP contribution in [0.15, 0.2) is 42.5 Å². The number of esters is 1. The van der Waals surface area contributed by atoms with Crippen LogP contribution in [0.2, 0.25) is 0 Å². The molecule has 3 N–H and O–H groups in total. The highest BCUT2D eigenvalue weighted by Gasteiger charge is 2.33. The molecule has 2 fully saturated rings. The molecular formula is C25H28FN5O6. The number of halogens is 1. The van der Waals surface area contributed by atoms with Crippen LogP contribution >= 0.6 is 0 Å². The minimum absolute atomic E-state index is 0.182. The van der Waals surface area contributed by atoms with E-state index in [-0.39, 0.29) is 31.5 Å². The van der Waals surface area contributed by atoms with E-state index in [1.54, 1.807) is 29.2 Å². The van der Waals surface area contributed by atoms with Crippen molar-refractivity contribution in [1.29, 1.82) is 0 Å². The number of hydrogen-bond acceptors (Lipinski definition) is 8. The zero-order chi connectivity index (χ0) is 26.5. The van der Waals surface area contributed by atoms with Crippen LogP contribution in [0.5, 0.6) is 0 Å². The lowest BCUT2D eigenvalue weighted by molar-refractivity contribution is -0.134. The first-order valence-electron chi connectivity index (χ1n) is 11.8. The Morgan fingerprint density at radius 1 is 1.11 bits per heavy atom. The highest BCUT2D eigenvalue weighted by molar-refractivity contribution is 5.92. The highest BCUT2D eigenvalue weighted by atomic mass is 19.1. The van der Waals surface area contributed by atoms with Crippen molar-refractivity contribution in [1.82, 2.24) is 10.2 Å². The number of ether oxygens (including phenoxy) is 2. The van der Waals surface area contributed by atoms with Crippen molar-refractivity contribution in [2.75, 3.05) is 61.4 Å². The number of carbonyl (C=O) groups is 4. The van der Waals surface area contributed by atoms with Gasteiger partial charge in [0, 0.05) is 38.8 Å². The number of nitrogens with zero attached hydrogens (tertiary/aromatic N) is 3. The molecule has 12 heteroatoms. The van der Waals surface area contributed by atoms with Gasteiger partial charge >= 0.3 is 12.1 Å². The van der Waals surface area contributed by atoms with E-state index in [0.29, 0.717) is 48.8 Å². The minimum Gasteiger partial charge on any atom is -0.452 e. The first-order chi connectivity index (χ1) is 17.7. The van der Waals surface area contributed by atoms with E-state index in [2.05, 4.69) is 5.32 Å². The summed E-state index contributed by atoms with van der Waals surface area (Å²) in [7, 11) is 0. The summed E-state index contributed by atoms with van der Waals surface area (Å²) in [6.07, 6.45) is -1.12. The van der Waals surface area contributed by atoms with Gasteiger partial charge in [0.1, 0.15) is 11.9 Å². The van der Waals surface area contributed by atoms with Gasteiger partial charge in [0.25, 0.3) is 5.91 Å². The average molecular weight is 514 g/mol. The predicted octanol–water partition coefficient (Wildman–Crippen LogP) is 1.37. The lowest BCUT2D eigenvalue weighted by Crippen LogP contribution is -2.50. The van der Waals surface area contributed by atoms with Gasteiger partial charge in [-0.3, -0.25) is 14.5 Å². The molecule has 2 aliphatic rings. The fourth-order valence-corrected chi connectivity index (χ4v) is 4.13. The molecule has 2 aromatic rings. The molecule has 1 unspecified atom stereocenters. The Balaban J connectivity index is 1.28. The molecule has 0 aliphatic carbocycles. The zero-order valence-corrected chi connectivity index (χ0v) is 20.3. The molecule has 0 saturated carbocycles. The van der Waals surface area contributed by atoms with Crippen molar-refractivity contribution in [2.45, 2.75) is 13.0 Å². The Hall–Kier alpha value is -4.35. The molecule has 37 heavy (non-hydrogen) atoms. The van der Waals surface area contributed by atoms with E-state index in [0.717, 1.165) is 0 Å². The molecule has 4 rings (SSSR count). The van der Waals surface area contributed by atoms with E-state index in [9.17, 15) is 23.6 Å². The van der Waals surface area contributed by atoms with Crippen LogP contribution in [-0.4, -0.2) is 80.8 Å². The molecule has 196 valence electrons. The third-order valence-electron chi connectivity index (χ3n) is 6.14. The normalized spacial score (nSPS) is 17.4. The van der Waals surface area contributed by atoms with Crippen LogP contribution < -0.4 is 20.9 Å². The number of nitrogens with one attached hydrogen (secondary N) is 1. The molecule has 0 bridgehead atoms. The Bertz CT molecular complexity index is 1180. The van der Waals surface area contributed by atoms with Crippen molar-refractivity contribution in [3.05, 3.63) is 53.8 Å². The number of anilines is 3. The molecular weight excluding hydrogens is 485 g/mol. The van der Waals surface area contributed by atoms with Crippen LogP contribution in [0, 0.1) is 5.82 Å². The second-order valence-corrected chi connectivity index (χ2v) is 8.76. The van der Waals surface area contributed by atoms with Gasteiger partial charge in [-0.15, -0.1) is 0 Å². The molecule has 2 aromatic carbocycles. The second kappa shape index (κ2) is 11.1. The number of rotatable bonds is 7. The van der Waals surface area contributed by atoms with Gasteiger partial charge in [0.2, 0.25) is 5.91 Å². The molecule has 2 heterocycles. The number of nitrogen functional groups attached to an aromatic ring is 1. The molecule has 2 saturated heterocycles. The molecule has 0 aromatic heterocycles. The summed E-state index contributed by atoms with van der Waals surface area (Å²) < 4.78 is 25.3. The van der Waals surface area contributed by atoms with Gasteiger partial charge in [0.15, 0.2) is 6.61 Å². The standard InChI is InChI=1S/C25H28FN5O6/c1-16(32)28-13-20-14-31(25(35)37-20)19-6-7-22(21(26)12-19)29-8-10-30(11-9-29)23(33)15-36-24(34)17-2-4-18(27)5-3-17/h2-7,12,20H,8-11,13-15,27H2,1H3,(H,28,32). The van der Waals surface area contributed by atoms with Gasteiger partial charge in [-0.05, 0) is 42.5 Å². The predicted molar refractivity (Wildman–Crippen MR) is 133 cm³/mol. The van der Waals surface area contributed by atoms with E-state index >= 15 is 0 Å². The molecule has 1 atom stereocenters. The molecule has 0 radical (unpaired) electrons. The number of benzene rings is 2. The topological polar surface area (TPSA) is 135 Å². The van der Waals surface area contributed by atoms with Gasteiger partial charge in [-0.1, -0.05) is 0 Å². The van der Waals surface area contributed by atoms with Gasteiger partial charge in [0.05, 0.1) is 30.0 Å². The second-order valence-electron chi connectivity index (χ2n) is 8.76. The maximum absolute atomic E-state index is 15.0. The van der Waals surface area contributed by atoms with Crippen LogP contribution in [-0.2, 0) is 19.1 Å². The monoisotopic (exact) mass is 513 g/mol.